The number of rotatable bonds is 1. The molecule has 0 atom stereocenters. The van der Waals surface area contributed by atoms with Crippen molar-refractivity contribution < 1.29 is 4.79 Å². The Hall–Kier alpha value is -0.910. The molecule has 0 spiro atoms. The number of aromatic nitrogens is 2. The summed E-state index contributed by atoms with van der Waals surface area (Å²) in [6, 6.07) is 5.57. The number of hydrogen-bond donors (Lipinski definition) is 0. The minimum atomic E-state index is 0.693. The standard InChI is InChI=1S/C9H7IN2O/c1-12-8-3-2-6(5-13)4-7(8)9(10)11-12/h2-5H,1H3. The third-order valence-corrected chi connectivity index (χ3v) is 2.76. The Bertz CT molecular complexity index is 476. The lowest BCUT2D eigenvalue weighted by Crippen LogP contribution is -1.89. The average molecular weight is 286 g/mol. The first-order valence-corrected chi connectivity index (χ1v) is 4.87. The Morgan fingerprint density at radius 1 is 1.54 bits per heavy atom. The van der Waals surface area contributed by atoms with E-state index in [0.29, 0.717) is 5.56 Å². The Kier molecular flexibility index (Phi) is 2.07. The van der Waals surface area contributed by atoms with E-state index in [1.807, 2.05) is 23.9 Å². The van der Waals surface area contributed by atoms with Gasteiger partial charge in [0.1, 0.15) is 9.99 Å². The van der Waals surface area contributed by atoms with Crippen LogP contribution in [0.3, 0.4) is 0 Å². The van der Waals surface area contributed by atoms with Crippen LogP contribution in [0.4, 0.5) is 0 Å². The summed E-state index contributed by atoms with van der Waals surface area (Å²) in [7, 11) is 1.89. The topological polar surface area (TPSA) is 34.9 Å². The molecule has 0 aliphatic heterocycles. The number of hydrogen-bond acceptors (Lipinski definition) is 2. The molecule has 0 unspecified atom stereocenters. The second kappa shape index (κ2) is 3.10. The number of carbonyl (C=O) groups excluding carboxylic acids is 1. The third-order valence-electron chi connectivity index (χ3n) is 1.97. The molecule has 1 aromatic heterocycles. The second-order valence-corrected chi connectivity index (χ2v) is 3.83. The predicted molar refractivity (Wildman–Crippen MR) is 58.8 cm³/mol. The second-order valence-electron chi connectivity index (χ2n) is 2.81. The Labute approximate surface area is 88.9 Å². The normalized spacial score (nSPS) is 10.6. The van der Waals surface area contributed by atoms with Gasteiger partial charge in [-0.25, -0.2) is 0 Å². The van der Waals surface area contributed by atoms with Crippen LogP contribution < -0.4 is 0 Å². The van der Waals surface area contributed by atoms with Gasteiger partial charge in [0.2, 0.25) is 0 Å². The van der Waals surface area contributed by atoms with Gasteiger partial charge in [0.25, 0.3) is 0 Å². The van der Waals surface area contributed by atoms with Gasteiger partial charge in [0.05, 0.1) is 5.52 Å². The van der Waals surface area contributed by atoms with Crippen molar-refractivity contribution in [3.8, 4) is 0 Å². The highest BCUT2D eigenvalue weighted by molar-refractivity contribution is 14.1. The zero-order valence-corrected chi connectivity index (χ0v) is 9.15. The summed E-state index contributed by atoms with van der Waals surface area (Å²) in [5.41, 5.74) is 1.74. The van der Waals surface area contributed by atoms with E-state index < -0.39 is 0 Å². The van der Waals surface area contributed by atoms with E-state index in [-0.39, 0.29) is 0 Å². The zero-order valence-electron chi connectivity index (χ0n) is 6.99. The molecule has 0 aliphatic carbocycles. The van der Waals surface area contributed by atoms with Crippen LogP contribution in [-0.4, -0.2) is 16.1 Å². The van der Waals surface area contributed by atoms with Crippen LogP contribution in [0.25, 0.3) is 10.9 Å². The summed E-state index contributed by atoms with van der Waals surface area (Å²) >= 11 is 2.16. The summed E-state index contributed by atoms with van der Waals surface area (Å²) in [6.07, 6.45) is 0.850. The number of fused-ring (bicyclic) bond motifs is 1. The van der Waals surface area contributed by atoms with Crippen molar-refractivity contribution in [2.75, 3.05) is 0 Å². The number of carbonyl (C=O) groups is 1. The van der Waals surface area contributed by atoms with E-state index in [4.69, 9.17) is 0 Å². The number of nitrogens with zero attached hydrogens (tertiary/aromatic N) is 2. The van der Waals surface area contributed by atoms with Crippen molar-refractivity contribution in [1.29, 1.82) is 0 Å². The van der Waals surface area contributed by atoms with E-state index >= 15 is 0 Å². The van der Waals surface area contributed by atoms with Crippen molar-refractivity contribution in [1.82, 2.24) is 9.78 Å². The lowest BCUT2D eigenvalue weighted by Gasteiger charge is -1.93. The Morgan fingerprint density at radius 3 is 3.00 bits per heavy atom. The largest absolute Gasteiger partial charge is 0.298 e. The van der Waals surface area contributed by atoms with Crippen molar-refractivity contribution >= 4 is 39.8 Å². The van der Waals surface area contributed by atoms with Crippen LogP contribution in [0.5, 0.6) is 0 Å². The quantitative estimate of drug-likeness (QED) is 0.593. The maximum Gasteiger partial charge on any atom is 0.150 e. The number of halogens is 1. The van der Waals surface area contributed by atoms with Gasteiger partial charge < -0.3 is 0 Å². The highest BCUT2D eigenvalue weighted by atomic mass is 127. The fourth-order valence-corrected chi connectivity index (χ4v) is 2.07. The lowest BCUT2D eigenvalue weighted by atomic mass is 10.2. The molecule has 0 N–H and O–H groups in total. The molecule has 4 heteroatoms. The van der Waals surface area contributed by atoms with Crippen LogP contribution in [-0.2, 0) is 7.05 Å². The van der Waals surface area contributed by atoms with E-state index in [0.717, 1.165) is 20.9 Å². The fraction of sp³-hybridized carbons (Fsp3) is 0.111. The smallest absolute Gasteiger partial charge is 0.150 e. The fourth-order valence-electron chi connectivity index (χ4n) is 1.31. The highest BCUT2D eigenvalue weighted by Crippen LogP contribution is 2.20. The molecule has 2 rings (SSSR count). The minimum absolute atomic E-state index is 0.693. The van der Waals surface area contributed by atoms with Gasteiger partial charge in [-0.1, -0.05) is 0 Å². The summed E-state index contributed by atoms with van der Waals surface area (Å²) in [4.78, 5) is 10.5. The molecular weight excluding hydrogens is 279 g/mol. The van der Waals surface area contributed by atoms with Crippen molar-refractivity contribution in [2.45, 2.75) is 0 Å². The Morgan fingerprint density at radius 2 is 2.31 bits per heavy atom. The predicted octanol–water partition coefficient (Wildman–Crippen LogP) is 1.99. The van der Waals surface area contributed by atoms with Gasteiger partial charge in [0.15, 0.2) is 0 Å². The number of benzene rings is 1. The summed E-state index contributed by atoms with van der Waals surface area (Å²) < 4.78 is 2.74. The van der Waals surface area contributed by atoms with Gasteiger partial charge in [-0.15, -0.1) is 0 Å². The van der Waals surface area contributed by atoms with E-state index in [9.17, 15) is 4.79 Å². The first-order chi connectivity index (χ1) is 6.22. The molecule has 3 nitrogen and oxygen atoms in total. The molecule has 0 radical (unpaired) electrons. The van der Waals surface area contributed by atoms with Crippen molar-refractivity contribution in [3.63, 3.8) is 0 Å². The van der Waals surface area contributed by atoms with E-state index in [2.05, 4.69) is 27.7 Å². The molecule has 0 bridgehead atoms. The molecule has 2 aromatic rings. The minimum Gasteiger partial charge on any atom is -0.298 e. The van der Waals surface area contributed by atoms with Gasteiger partial charge in [0, 0.05) is 18.0 Å². The maximum atomic E-state index is 10.5. The van der Waals surface area contributed by atoms with Crippen molar-refractivity contribution in [2.24, 2.45) is 7.05 Å². The molecule has 1 heterocycles. The number of aryl methyl sites for hydroxylation is 1. The van der Waals surface area contributed by atoms with Crippen LogP contribution in [0.2, 0.25) is 0 Å². The molecule has 0 amide bonds. The molecule has 0 aliphatic rings. The first kappa shape index (κ1) is 8.68. The maximum absolute atomic E-state index is 10.5. The third kappa shape index (κ3) is 1.35. The Balaban J connectivity index is 2.83. The summed E-state index contributed by atoms with van der Waals surface area (Å²) in [6.45, 7) is 0. The van der Waals surface area contributed by atoms with E-state index in [1.54, 1.807) is 6.07 Å². The van der Waals surface area contributed by atoms with Crippen molar-refractivity contribution in [3.05, 3.63) is 27.5 Å². The highest BCUT2D eigenvalue weighted by Gasteiger charge is 2.05. The van der Waals surface area contributed by atoms with E-state index in [1.165, 1.54) is 0 Å². The zero-order chi connectivity index (χ0) is 9.42. The SMILES string of the molecule is Cn1nc(I)c2cc(C=O)ccc21. The lowest BCUT2D eigenvalue weighted by molar-refractivity contribution is 0.112. The van der Waals surface area contributed by atoms with Crippen LogP contribution in [0, 0.1) is 3.70 Å². The molecular formula is C9H7IN2O. The van der Waals surface area contributed by atoms with Crippen LogP contribution in [0.15, 0.2) is 18.2 Å². The molecule has 0 fully saturated rings. The molecule has 13 heavy (non-hydrogen) atoms. The van der Waals surface area contributed by atoms with Gasteiger partial charge in [-0.2, -0.15) is 5.10 Å². The first-order valence-electron chi connectivity index (χ1n) is 3.80. The molecule has 66 valence electrons. The van der Waals surface area contributed by atoms with Crippen LogP contribution >= 0.6 is 22.6 Å². The van der Waals surface area contributed by atoms with Gasteiger partial charge in [-0.3, -0.25) is 9.48 Å². The molecule has 0 saturated carbocycles. The van der Waals surface area contributed by atoms with Crippen LogP contribution in [0.1, 0.15) is 10.4 Å². The monoisotopic (exact) mass is 286 g/mol. The average Bonchev–Trinajstić information content (AvgIpc) is 2.42. The molecule has 0 saturated heterocycles. The van der Waals surface area contributed by atoms with Gasteiger partial charge >= 0.3 is 0 Å². The number of aldehydes is 1. The summed E-state index contributed by atoms with van der Waals surface area (Å²) in [5, 5.41) is 5.29. The summed E-state index contributed by atoms with van der Waals surface area (Å²) in [5.74, 6) is 0. The molecule has 1 aromatic carbocycles. The van der Waals surface area contributed by atoms with Gasteiger partial charge in [-0.05, 0) is 40.8 Å².